The Balaban J connectivity index is 2.08. The zero-order valence-electron chi connectivity index (χ0n) is 11.4. The van der Waals surface area contributed by atoms with Crippen LogP contribution in [0.4, 0.5) is 0 Å². The molecule has 1 N–H and O–H groups in total. The van der Waals surface area contributed by atoms with E-state index in [0.717, 1.165) is 29.9 Å². The van der Waals surface area contributed by atoms with Crippen molar-refractivity contribution in [2.24, 2.45) is 0 Å². The zero-order chi connectivity index (χ0) is 13.7. The molecule has 1 unspecified atom stereocenters. The number of hydrogen-bond acceptors (Lipinski definition) is 3. The fourth-order valence-electron chi connectivity index (χ4n) is 1.98. The van der Waals surface area contributed by atoms with Gasteiger partial charge >= 0.3 is 0 Å². The van der Waals surface area contributed by atoms with Crippen LogP contribution in [0.2, 0.25) is 0 Å². The van der Waals surface area contributed by atoms with Gasteiger partial charge in [0.05, 0.1) is 6.61 Å². The maximum Gasteiger partial charge on any atom is 0.113 e. The first kappa shape index (κ1) is 14.3. The van der Waals surface area contributed by atoms with Crippen molar-refractivity contribution in [3.05, 3.63) is 57.3 Å². The average Bonchev–Trinajstić information content (AvgIpc) is 2.94. The van der Waals surface area contributed by atoms with E-state index in [9.17, 15) is 5.11 Å². The van der Waals surface area contributed by atoms with Crippen LogP contribution >= 0.6 is 11.3 Å². The van der Waals surface area contributed by atoms with E-state index in [1.54, 1.807) is 18.4 Å². The highest BCUT2D eigenvalue weighted by Gasteiger charge is 2.12. The Morgan fingerprint density at radius 3 is 2.47 bits per heavy atom. The molecule has 1 atom stereocenters. The summed E-state index contributed by atoms with van der Waals surface area (Å²) in [6.07, 6.45) is 1.42. The lowest BCUT2D eigenvalue weighted by atomic mass is 10.0. The highest BCUT2D eigenvalue weighted by molar-refractivity contribution is 7.12. The van der Waals surface area contributed by atoms with Gasteiger partial charge in [0, 0.05) is 16.9 Å². The molecule has 0 amide bonds. The third-order valence-corrected chi connectivity index (χ3v) is 4.47. The monoisotopic (exact) mass is 276 g/mol. The average molecular weight is 276 g/mol. The normalized spacial score (nSPS) is 12.6. The van der Waals surface area contributed by atoms with Crippen LogP contribution in [0.5, 0.6) is 0 Å². The summed E-state index contributed by atoms with van der Waals surface area (Å²) in [5.41, 5.74) is 2.18. The van der Waals surface area contributed by atoms with E-state index < -0.39 is 6.10 Å². The number of methoxy groups -OCH3 is 1. The van der Waals surface area contributed by atoms with Crippen LogP contribution in [-0.4, -0.2) is 18.8 Å². The standard InChI is InChI=1S/C16H20O2S/c1-3-14-8-9-15(19-14)16(17)13-6-4-12(5-7-13)10-11-18-2/h4-9,16-17H,3,10-11H2,1-2H3. The lowest BCUT2D eigenvalue weighted by Crippen LogP contribution is -1.98. The van der Waals surface area contributed by atoms with Gasteiger partial charge in [-0.2, -0.15) is 0 Å². The Hall–Kier alpha value is -1.16. The summed E-state index contributed by atoms with van der Waals surface area (Å²) in [4.78, 5) is 2.33. The summed E-state index contributed by atoms with van der Waals surface area (Å²) in [6, 6.07) is 12.2. The molecule has 0 fully saturated rings. The molecule has 1 aromatic carbocycles. The molecule has 0 aliphatic carbocycles. The van der Waals surface area contributed by atoms with Gasteiger partial charge in [-0.1, -0.05) is 31.2 Å². The first-order valence-electron chi connectivity index (χ1n) is 6.59. The lowest BCUT2D eigenvalue weighted by molar-refractivity contribution is 0.202. The van der Waals surface area contributed by atoms with E-state index >= 15 is 0 Å². The summed E-state index contributed by atoms with van der Waals surface area (Å²) < 4.78 is 5.06. The minimum absolute atomic E-state index is 0.512. The molecule has 19 heavy (non-hydrogen) atoms. The second kappa shape index (κ2) is 6.85. The smallest absolute Gasteiger partial charge is 0.113 e. The maximum atomic E-state index is 10.4. The van der Waals surface area contributed by atoms with Gasteiger partial charge in [0.1, 0.15) is 6.10 Å². The molecule has 0 saturated carbocycles. The van der Waals surface area contributed by atoms with Crippen molar-refractivity contribution in [1.82, 2.24) is 0 Å². The predicted molar refractivity (Wildman–Crippen MR) is 79.8 cm³/mol. The van der Waals surface area contributed by atoms with Crippen LogP contribution in [0.1, 0.15) is 33.9 Å². The number of benzene rings is 1. The van der Waals surface area contributed by atoms with Gasteiger partial charge in [-0.25, -0.2) is 0 Å². The predicted octanol–water partition coefficient (Wildman–Crippen LogP) is 3.58. The summed E-state index contributed by atoms with van der Waals surface area (Å²) in [5, 5.41) is 10.4. The largest absolute Gasteiger partial charge is 0.384 e. The van der Waals surface area contributed by atoms with Crippen molar-refractivity contribution in [3.63, 3.8) is 0 Å². The summed E-state index contributed by atoms with van der Waals surface area (Å²) in [6.45, 7) is 2.86. The maximum absolute atomic E-state index is 10.4. The molecule has 0 saturated heterocycles. The van der Waals surface area contributed by atoms with Gasteiger partial charge in [0.2, 0.25) is 0 Å². The van der Waals surface area contributed by atoms with Gasteiger partial charge in [-0.3, -0.25) is 0 Å². The molecule has 2 rings (SSSR count). The summed E-state index contributed by atoms with van der Waals surface area (Å²) in [5.74, 6) is 0. The fraction of sp³-hybridized carbons (Fsp3) is 0.375. The number of thiophene rings is 1. The van der Waals surface area contributed by atoms with Gasteiger partial charge in [0.15, 0.2) is 0 Å². The van der Waals surface area contributed by atoms with E-state index in [2.05, 4.69) is 25.1 Å². The van der Waals surface area contributed by atoms with Crippen LogP contribution in [0, 0.1) is 0 Å². The van der Waals surface area contributed by atoms with Crippen LogP contribution in [0.3, 0.4) is 0 Å². The molecule has 1 heterocycles. The Bertz CT molecular complexity index is 502. The molecular weight excluding hydrogens is 256 g/mol. The molecule has 2 nitrogen and oxygen atoms in total. The van der Waals surface area contributed by atoms with Crippen LogP contribution in [0.15, 0.2) is 36.4 Å². The molecule has 0 radical (unpaired) electrons. The lowest BCUT2D eigenvalue weighted by Gasteiger charge is -2.10. The molecule has 3 heteroatoms. The van der Waals surface area contributed by atoms with Crippen molar-refractivity contribution >= 4 is 11.3 Å². The van der Waals surface area contributed by atoms with Crippen molar-refractivity contribution in [2.45, 2.75) is 25.9 Å². The minimum Gasteiger partial charge on any atom is -0.384 e. The molecule has 0 spiro atoms. The van der Waals surface area contributed by atoms with E-state index in [1.807, 2.05) is 18.2 Å². The highest BCUT2D eigenvalue weighted by Crippen LogP contribution is 2.28. The van der Waals surface area contributed by atoms with Crippen molar-refractivity contribution in [3.8, 4) is 0 Å². The highest BCUT2D eigenvalue weighted by atomic mass is 32.1. The quantitative estimate of drug-likeness (QED) is 0.874. The number of aliphatic hydroxyl groups excluding tert-OH is 1. The SMILES string of the molecule is CCc1ccc(C(O)c2ccc(CCOC)cc2)s1. The van der Waals surface area contributed by atoms with Gasteiger partial charge in [-0.15, -0.1) is 11.3 Å². The van der Waals surface area contributed by atoms with Gasteiger partial charge < -0.3 is 9.84 Å². The Labute approximate surface area is 118 Å². The molecule has 0 aliphatic heterocycles. The molecule has 102 valence electrons. The van der Waals surface area contributed by atoms with Crippen molar-refractivity contribution in [2.75, 3.05) is 13.7 Å². The second-order valence-corrected chi connectivity index (χ2v) is 5.74. The molecule has 0 aliphatic rings. The number of aliphatic hydroxyl groups is 1. The Morgan fingerprint density at radius 2 is 1.89 bits per heavy atom. The van der Waals surface area contributed by atoms with Crippen LogP contribution in [0.25, 0.3) is 0 Å². The third kappa shape index (κ3) is 3.66. The van der Waals surface area contributed by atoms with Crippen LogP contribution in [-0.2, 0) is 17.6 Å². The van der Waals surface area contributed by atoms with E-state index in [-0.39, 0.29) is 0 Å². The Morgan fingerprint density at radius 1 is 1.16 bits per heavy atom. The molecule has 2 aromatic rings. The van der Waals surface area contributed by atoms with E-state index in [4.69, 9.17) is 4.74 Å². The molecule has 0 bridgehead atoms. The van der Waals surface area contributed by atoms with E-state index in [1.165, 1.54) is 10.4 Å². The van der Waals surface area contributed by atoms with Gasteiger partial charge in [-0.05, 0) is 36.1 Å². The van der Waals surface area contributed by atoms with Gasteiger partial charge in [0.25, 0.3) is 0 Å². The summed E-state index contributed by atoms with van der Waals surface area (Å²) >= 11 is 1.68. The van der Waals surface area contributed by atoms with Crippen molar-refractivity contribution < 1.29 is 9.84 Å². The van der Waals surface area contributed by atoms with Crippen LogP contribution < -0.4 is 0 Å². The first-order chi connectivity index (χ1) is 9.24. The topological polar surface area (TPSA) is 29.5 Å². The summed E-state index contributed by atoms with van der Waals surface area (Å²) in [7, 11) is 1.71. The van der Waals surface area contributed by atoms with E-state index in [0.29, 0.717) is 0 Å². The number of hydrogen-bond donors (Lipinski definition) is 1. The first-order valence-corrected chi connectivity index (χ1v) is 7.40. The third-order valence-electron chi connectivity index (χ3n) is 3.19. The molecular formula is C16H20O2S. The Kier molecular flexibility index (Phi) is 5.14. The second-order valence-electron chi connectivity index (χ2n) is 4.54. The number of rotatable bonds is 6. The molecule has 1 aromatic heterocycles. The minimum atomic E-state index is -0.512. The number of ether oxygens (including phenoxy) is 1. The number of aryl methyl sites for hydroxylation is 1. The van der Waals surface area contributed by atoms with Crippen molar-refractivity contribution in [1.29, 1.82) is 0 Å². The fourth-order valence-corrected chi connectivity index (χ4v) is 2.95. The zero-order valence-corrected chi connectivity index (χ0v) is 12.2.